The lowest BCUT2D eigenvalue weighted by Gasteiger charge is -2.18. The van der Waals surface area contributed by atoms with Gasteiger partial charge in [0.15, 0.2) is 0 Å². The first-order valence-electron chi connectivity index (χ1n) is 5.09. The summed E-state index contributed by atoms with van der Waals surface area (Å²) in [5.41, 5.74) is 6.13. The summed E-state index contributed by atoms with van der Waals surface area (Å²) >= 11 is 0. The van der Waals surface area contributed by atoms with Crippen LogP contribution in [-0.4, -0.2) is 9.97 Å². The van der Waals surface area contributed by atoms with Gasteiger partial charge in [0.2, 0.25) is 0 Å². The van der Waals surface area contributed by atoms with Crippen molar-refractivity contribution in [1.82, 2.24) is 15.4 Å². The van der Waals surface area contributed by atoms with Crippen LogP contribution in [0.3, 0.4) is 0 Å². The second kappa shape index (κ2) is 4.83. The molecule has 3 N–H and O–H groups in total. The van der Waals surface area contributed by atoms with Crippen molar-refractivity contribution in [3.8, 4) is 0 Å². The number of hydrogen-bond donors (Lipinski definition) is 2. The maximum absolute atomic E-state index is 5.61. The number of pyridine rings is 2. The van der Waals surface area contributed by atoms with Gasteiger partial charge in [0.25, 0.3) is 0 Å². The molecule has 0 bridgehead atoms. The SMILES string of the molecule is Cc1ccncc1C(NN)c1ccncc1. The molecule has 0 aliphatic rings. The van der Waals surface area contributed by atoms with Gasteiger partial charge in [-0.2, -0.15) is 0 Å². The highest BCUT2D eigenvalue weighted by atomic mass is 15.2. The highest BCUT2D eigenvalue weighted by Gasteiger charge is 2.13. The fourth-order valence-corrected chi connectivity index (χ4v) is 1.70. The summed E-state index contributed by atoms with van der Waals surface area (Å²) in [5.74, 6) is 5.61. The Kier molecular flexibility index (Phi) is 3.24. The van der Waals surface area contributed by atoms with Crippen LogP contribution in [0.5, 0.6) is 0 Å². The van der Waals surface area contributed by atoms with Gasteiger partial charge in [-0.3, -0.25) is 15.8 Å². The quantitative estimate of drug-likeness (QED) is 0.597. The Bertz CT molecular complexity index is 456. The molecule has 0 saturated heterocycles. The van der Waals surface area contributed by atoms with Crippen molar-refractivity contribution >= 4 is 0 Å². The molecule has 2 rings (SSSR count). The summed E-state index contributed by atoms with van der Waals surface area (Å²) in [6, 6.07) is 5.81. The maximum Gasteiger partial charge on any atom is 0.0728 e. The zero-order valence-electron chi connectivity index (χ0n) is 9.09. The second-order valence-electron chi connectivity index (χ2n) is 3.61. The molecule has 0 aliphatic carbocycles. The van der Waals surface area contributed by atoms with Crippen LogP contribution >= 0.6 is 0 Å². The molecule has 2 heterocycles. The minimum Gasteiger partial charge on any atom is -0.271 e. The van der Waals surface area contributed by atoms with Crippen molar-refractivity contribution in [3.05, 3.63) is 59.7 Å². The first-order chi connectivity index (χ1) is 7.83. The lowest BCUT2D eigenvalue weighted by Crippen LogP contribution is -2.29. The number of nitrogens with two attached hydrogens (primary N) is 1. The van der Waals surface area contributed by atoms with Crippen molar-refractivity contribution in [2.75, 3.05) is 0 Å². The number of aryl methyl sites for hydroxylation is 1. The summed E-state index contributed by atoms with van der Waals surface area (Å²) in [6.45, 7) is 2.04. The molecule has 0 fully saturated rings. The molecule has 2 aromatic heterocycles. The zero-order chi connectivity index (χ0) is 11.4. The molecule has 4 heteroatoms. The third-order valence-corrected chi connectivity index (χ3v) is 2.60. The van der Waals surface area contributed by atoms with E-state index in [0.717, 1.165) is 16.7 Å². The van der Waals surface area contributed by atoms with Crippen LogP contribution in [-0.2, 0) is 0 Å². The summed E-state index contributed by atoms with van der Waals surface area (Å²) in [7, 11) is 0. The van der Waals surface area contributed by atoms with Crippen LogP contribution in [0, 0.1) is 6.92 Å². The molecular formula is C12H14N4. The Balaban J connectivity index is 2.41. The molecule has 0 aliphatic heterocycles. The number of nitrogens with one attached hydrogen (secondary N) is 1. The maximum atomic E-state index is 5.61. The van der Waals surface area contributed by atoms with Crippen LogP contribution in [0.15, 0.2) is 43.0 Å². The first-order valence-corrected chi connectivity index (χ1v) is 5.09. The van der Waals surface area contributed by atoms with Crippen LogP contribution in [0.1, 0.15) is 22.7 Å². The molecule has 0 spiro atoms. The highest BCUT2D eigenvalue weighted by Crippen LogP contribution is 2.22. The van der Waals surface area contributed by atoms with Crippen molar-refractivity contribution < 1.29 is 0 Å². The van der Waals surface area contributed by atoms with Gasteiger partial charge in [0.1, 0.15) is 0 Å². The Hall–Kier alpha value is -1.78. The third kappa shape index (κ3) is 2.08. The molecule has 16 heavy (non-hydrogen) atoms. The molecule has 0 radical (unpaired) electrons. The fourth-order valence-electron chi connectivity index (χ4n) is 1.70. The Morgan fingerprint density at radius 2 is 1.81 bits per heavy atom. The smallest absolute Gasteiger partial charge is 0.0728 e. The molecule has 82 valence electrons. The van der Waals surface area contributed by atoms with Gasteiger partial charge in [-0.25, -0.2) is 5.43 Å². The van der Waals surface area contributed by atoms with E-state index in [-0.39, 0.29) is 6.04 Å². The van der Waals surface area contributed by atoms with Crippen molar-refractivity contribution in [2.24, 2.45) is 5.84 Å². The lowest BCUT2D eigenvalue weighted by atomic mass is 9.98. The molecular weight excluding hydrogens is 200 g/mol. The average Bonchev–Trinajstić information content (AvgIpc) is 2.34. The summed E-state index contributed by atoms with van der Waals surface area (Å²) < 4.78 is 0. The molecule has 0 saturated carbocycles. The van der Waals surface area contributed by atoms with E-state index >= 15 is 0 Å². The molecule has 1 unspecified atom stereocenters. The number of hydrazine groups is 1. The monoisotopic (exact) mass is 214 g/mol. The van der Waals surface area contributed by atoms with Gasteiger partial charge < -0.3 is 0 Å². The Morgan fingerprint density at radius 1 is 1.12 bits per heavy atom. The van der Waals surface area contributed by atoms with Crippen LogP contribution in [0.4, 0.5) is 0 Å². The number of rotatable bonds is 3. The van der Waals surface area contributed by atoms with Gasteiger partial charge >= 0.3 is 0 Å². The van der Waals surface area contributed by atoms with Crippen LogP contribution < -0.4 is 11.3 Å². The topological polar surface area (TPSA) is 63.8 Å². The van der Waals surface area contributed by atoms with Crippen molar-refractivity contribution in [2.45, 2.75) is 13.0 Å². The molecule has 4 nitrogen and oxygen atoms in total. The number of hydrogen-bond acceptors (Lipinski definition) is 4. The first kappa shape index (κ1) is 10.7. The van der Waals surface area contributed by atoms with E-state index in [4.69, 9.17) is 5.84 Å². The van der Waals surface area contributed by atoms with E-state index in [2.05, 4.69) is 15.4 Å². The van der Waals surface area contributed by atoms with Crippen molar-refractivity contribution in [3.63, 3.8) is 0 Å². The Labute approximate surface area is 94.5 Å². The largest absolute Gasteiger partial charge is 0.271 e. The van der Waals surface area contributed by atoms with Gasteiger partial charge in [0, 0.05) is 24.8 Å². The minimum absolute atomic E-state index is 0.0447. The summed E-state index contributed by atoms with van der Waals surface area (Å²) in [5, 5.41) is 0. The highest BCUT2D eigenvalue weighted by molar-refractivity contribution is 5.33. The summed E-state index contributed by atoms with van der Waals surface area (Å²) in [6.07, 6.45) is 7.12. The molecule has 1 atom stereocenters. The van der Waals surface area contributed by atoms with E-state index in [1.54, 1.807) is 18.6 Å². The predicted octanol–water partition coefficient (Wildman–Crippen LogP) is 1.34. The molecule has 2 aromatic rings. The zero-order valence-corrected chi connectivity index (χ0v) is 9.09. The predicted molar refractivity (Wildman–Crippen MR) is 62.4 cm³/mol. The minimum atomic E-state index is -0.0447. The normalized spacial score (nSPS) is 12.4. The van der Waals surface area contributed by atoms with Gasteiger partial charge in [-0.15, -0.1) is 0 Å². The van der Waals surface area contributed by atoms with Crippen LogP contribution in [0.2, 0.25) is 0 Å². The molecule has 0 amide bonds. The van der Waals surface area contributed by atoms with E-state index < -0.39 is 0 Å². The van der Waals surface area contributed by atoms with E-state index in [1.165, 1.54) is 0 Å². The van der Waals surface area contributed by atoms with Gasteiger partial charge in [-0.05, 0) is 41.8 Å². The second-order valence-corrected chi connectivity index (χ2v) is 3.61. The van der Waals surface area contributed by atoms with Gasteiger partial charge in [0.05, 0.1) is 6.04 Å². The van der Waals surface area contributed by atoms with Gasteiger partial charge in [-0.1, -0.05) is 0 Å². The number of nitrogens with zero attached hydrogens (tertiary/aromatic N) is 2. The molecule has 0 aromatic carbocycles. The van der Waals surface area contributed by atoms with E-state index in [1.807, 2.05) is 31.3 Å². The Morgan fingerprint density at radius 3 is 2.44 bits per heavy atom. The van der Waals surface area contributed by atoms with Crippen molar-refractivity contribution in [1.29, 1.82) is 0 Å². The summed E-state index contributed by atoms with van der Waals surface area (Å²) in [4.78, 5) is 8.12. The number of aromatic nitrogens is 2. The fraction of sp³-hybridized carbons (Fsp3) is 0.167. The van der Waals surface area contributed by atoms with Crippen LogP contribution in [0.25, 0.3) is 0 Å². The lowest BCUT2D eigenvalue weighted by molar-refractivity contribution is 0.630. The standard InChI is InChI=1S/C12H14N4/c1-9-2-5-15-8-11(9)12(16-13)10-3-6-14-7-4-10/h2-8,12,16H,13H2,1H3. The van der Waals surface area contributed by atoms with E-state index in [0.29, 0.717) is 0 Å². The third-order valence-electron chi connectivity index (χ3n) is 2.60. The van der Waals surface area contributed by atoms with E-state index in [9.17, 15) is 0 Å². The average molecular weight is 214 g/mol.